The van der Waals surface area contributed by atoms with E-state index in [-0.39, 0.29) is 35.0 Å². The fourth-order valence-corrected chi connectivity index (χ4v) is 5.01. The average Bonchev–Trinajstić information content (AvgIpc) is 2.73. The maximum Gasteiger partial charge on any atom is 0.446 e. The van der Waals surface area contributed by atoms with Crippen molar-refractivity contribution >= 4 is 23.4 Å². The van der Waals surface area contributed by atoms with E-state index in [1.165, 1.54) is 6.07 Å². The van der Waals surface area contributed by atoms with Crippen molar-refractivity contribution in [2.75, 3.05) is 37.6 Å². The van der Waals surface area contributed by atoms with Gasteiger partial charge in [0.1, 0.15) is 6.42 Å². The molecular weight excluding hydrogens is 425 g/mol. The topological polar surface area (TPSA) is 59.4 Å². The summed E-state index contributed by atoms with van der Waals surface area (Å²) in [4.78, 5) is 16.4. The van der Waals surface area contributed by atoms with Crippen LogP contribution in [0.15, 0.2) is 29.2 Å². The van der Waals surface area contributed by atoms with Crippen molar-refractivity contribution in [3.05, 3.63) is 24.3 Å². The van der Waals surface area contributed by atoms with Gasteiger partial charge >= 0.3 is 5.51 Å². The van der Waals surface area contributed by atoms with Crippen molar-refractivity contribution in [1.82, 2.24) is 10.2 Å². The van der Waals surface area contributed by atoms with Gasteiger partial charge in [-0.05, 0) is 74.5 Å². The van der Waals surface area contributed by atoms with E-state index in [4.69, 9.17) is 5.26 Å². The van der Waals surface area contributed by atoms with Crippen molar-refractivity contribution in [1.29, 1.82) is 5.26 Å². The molecule has 1 saturated heterocycles. The summed E-state index contributed by atoms with van der Waals surface area (Å²) >= 11 is -0.0655. The van der Waals surface area contributed by atoms with Gasteiger partial charge in [0, 0.05) is 42.8 Å². The van der Waals surface area contributed by atoms with Crippen LogP contribution in [-0.2, 0) is 4.79 Å². The summed E-state index contributed by atoms with van der Waals surface area (Å²) in [6.45, 7) is 4.50. The minimum atomic E-state index is -4.27. The first kappa shape index (κ1) is 23.7. The van der Waals surface area contributed by atoms with Gasteiger partial charge in [-0.15, -0.1) is 0 Å². The third kappa shape index (κ3) is 7.93. The summed E-state index contributed by atoms with van der Waals surface area (Å²) in [6, 6.07) is 8.78. The van der Waals surface area contributed by atoms with Crippen LogP contribution in [0.1, 0.15) is 38.5 Å². The molecule has 2 fully saturated rings. The Morgan fingerprint density at radius 1 is 1.16 bits per heavy atom. The van der Waals surface area contributed by atoms with Crippen LogP contribution >= 0.6 is 11.8 Å². The zero-order valence-electron chi connectivity index (χ0n) is 17.5. The zero-order chi connectivity index (χ0) is 22.3. The number of piperazine rings is 1. The van der Waals surface area contributed by atoms with Gasteiger partial charge in [0.2, 0.25) is 5.91 Å². The fourth-order valence-electron chi connectivity index (χ4n) is 4.42. The molecule has 9 heteroatoms. The molecule has 1 heterocycles. The molecule has 0 bridgehead atoms. The van der Waals surface area contributed by atoms with Crippen molar-refractivity contribution in [3.63, 3.8) is 0 Å². The smallest absolute Gasteiger partial charge is 0.369 e. The molecule has 1 N–H and O–H groups in total. The number of rotatable bonds is 7. The zero-order valence-corrected chi connectivity index (χ0v) is 18.4. The molecule has 0 aromatic heterocycles. The number of thioether (sulfide) groups is 1. The van der Waals surface area contributed by atoms with E-state index in [1.807, 2.05) is 12.1 Å². The molecule has 1 aliphatic carbocycles. The average molecular weight is 455 g/mol. The van der Waals surface area contributed by atoms with E-state index in [0.717, 1.165) is 70.5 Å². The van der Waals surface area contributed by atoms with Crippen molar-refractivity contribution in [2.45, 2.75) is 55.0 Å². The van der Waals surface area contributed by atoms with Gasteiger partial charge in [-0.25, -0.2) is 0 Å². The number of hydrogen-bond acceptors (Lipinski definition) is 5. The summed E-state index contributed by atoms with van der Waals surface area (Å²) in [7, 11) is 0. The third-order valence-corrected chi connectivity index (χ3v) is 6.81. The van der Waals surface area contributed by atoms with Gasteiger partial charge < -0.3 is 10.2 Å². The highest BCUT2D eigenvalue weighted by Gasteiger charge is 2.29. The Hall–Kier alpha value is -1.92. The quantitative estimate of drug-likeness (QED) is 0.619. The highest BCUT2D eigenvalue weighted by molar-refractivity contribution is 8.00. The van der Waals surface area contributed by atoms with Crippen LogP contribution in [0.3, 0.4) is 0 Å². The number of carbonyl (C=O) groups excluding carboxylic acids is 1. The number of nitrogens with zero attached hydrogens (tertiary/aromatic N) is 3. The summed E-state index contributed by atoms with van der Waals surface area (Å²) in [5.41, 5.74) is -3.41. The third-order valence-electron chi connectivity index (χ3n) is 6.09. The van der Waals surface area contributed by atoms with E-state index in [9.17, 15) is 18.0 Å². The normalized spacial score (nSPS) is 22.7. The second-order valence-electron chi connectivity index (χ2n) is 8.28. The fraction of sp³-hybridized carbons (Fsp3) is 0.636. The molecule has 1 aromatic carbocycles. The number of halogens is 3. The molecule has 5 nitrogen and oxygen atoms in total. The highest BCUT2D eigenvalue weighted by Crippen LogP contribution is 2.38. The molecular formula is C22H29F3N4OS. The number of alkyl halides is 3. The second-order valence-corrected chi connectivity index (χ2v) is 9.42. The number of nitriles is 1. The Bertz CT molecular complexity index is 767. The van der Waals surface area contributed by atoms with Crippen LogP contribution < -0.4 is 10.2 Å². The van der Waals surface area contributed by atoms with Crippen LogP contribution in [0.5, 0.6) is 0 Å². The van der Waals surface area contributed by atoms with E-state index >= 15 is 0 Å². The standard InChI is InChI=1S/C22H29F3N4OS/c23-22(24,25)31-20-3-1-2-19(16-20)29-14-12-28(13-15-29)11-9-17-4-6-18(7-5-17)27-21(30)8-10-26/h1-3,16-18H,4-9,11-15H2,(H,27,30)/t17-,18-. The van der Waals surface area contributed by atoms with Crippen molar-refractivity contribution in [3.8, 4) is 6.07 Å². The summed E-state index contributed by atoms with van der Waals surface area (Å²) in [5.74, 6) is 0.490. The largest absolute Gasteiger partial charge is 0.446 e. The molecule has 0 radical (unpaired) electrons. The van der Waals surface area contributed by atoms with Crippen LogP contribution in [0.2, 0.25) is 0 Å². The van der Waals surface area contributed by atoms with Crippen LogP contribution in [0.25, 0.3) is 0 Å². The van der Waals surface area contributed by atoms with Crippen LogP contribution in [0.4, 0.5) is 18.9 Å². The first-order valence-corrected chi connectivity index (χ1v) is 11.6. The lowest BCUT2D eigenvalue weighted by atomic mass is 9.84. The van der Waals surface area contributed by atoms with Gasteiger partial charge in [0.15, 0.2) is 0 Å². The predicted octanol–water partition coefficient (Wildman–Crippen LogP) is 4.40. The Balaban J connectivity index is 1.36. The Kier molecular flexibility index (Phi) is 8.50. The monoisotopic (exact) mass is 454 g/mol. The van der Waals surface area contributed by atoms with E-state index < -0.39 is 5.51 Å². The molecule has 1 saturated carbocycles. The van der Waals surface area contributed by atoms with Crippen LogP contribution in [0, 0.1) is 17.2 Å². The van der Waals surface area contributed by atoms with Crippen molar-refractivity contribution < 1.29 is 18.0 Å². The van der Waals surface area contributed by atoms with Gasteiger partial charge in [-0.1, -0.05) is 6.07 Å². The van der Waals surface area contributed by atoms with Gasteiger partial charge in [0.05, 0.1) is 6.07 Å². The molecule has 3 rings (SSSR count). The number of hydrogen-bond donors (Lipinski definition) is 1. The maximum atomic E-state index is 12.6. The maximum absolute atomic E-state index is 12.6. The molecule has 170 valence electrons. The number of benzene rings is 1. The molecule has 0 unspecified atom stereocenters. The Morgan fingerprint density at radius 2 is 1.87 bits per heavy atom. The number of nitrogens with one attached hydrogen (secondary N) is 1. The summed E-state index contributed by atoms with van der Waals surface area (Å²) in [5, 5.41) is 11.5. The number of anilines is 1. The lowest BCUT2D eigenvalue weighted by Crippen LogP contribution is -2.47. The molecule has 0 spiro atoms. The van der Waals surface area contributed by atoms with E-state index in [0.29, 0.717) is 5.92 Å². The predicted molar refractivity (Wildman–Crippen MR) is 116 cm³/mol. The number of amides is 1. The highest BCUT2D eigenvalue weighted by atomic mass is 32.2. The Morgan fingerprint density at radius 3 is 2.52 bits per heavy atom. The lowest BCUT2D eigenvalue weighted by molar-refractivity contribution is -0.121. The molecule has 1 amide bonds. The first-order valence-electron chi connectivity index (χ1n) is 10.8. The van der Waals surface area contributed by atoms with E-state index in [1.54, 1.807) is 12.1 Å². The minimum absolute atomic E-state index is 0.0655. The molecule has 1 aliphatic heterocycles. The molecule has 2 aliphatic rings. The van der Waals surface area contributed by atoms with Crippen molar-refractivity contribution in [2.24, 2.45) is 5.92 Å². The van der Waals surface area contributed by atoms with Crippen LogP contribution in [-0.4, -0.2) is 55.1 Å². The number of carbonyl (C=O) groups is 1. The molecule has 0 atom stereocenters. The van der Waals surface area contributed by atoms with Gasteiger partial charge in [-0.2, -0.15) is 18.4 Å². The molecule has 1 aromatic rings. The summed E-state index contributed by atoms with van der Waals surface area (Å²) < 4.78 is 37.9. The lowest BCUT2D eigenvalue weighted by Gasteiger charge is -2.37. The minimum Gasteiger partial charge on any atom is -0.369 e. The first-order chi connectivity index (χ1) is 14.8. The van der Waals surface area contributed by atoms with E-state index in [2.05, 4.69) is 15.1 Å². The summed E-state index contributed by atoms with van der Waals surface area (Å²) in [6.07, 6.45) is 5.21. The SMILES string of the molecule is N#CCC(=O)N[C@H]1CC[C@H](CCN2CCN(c3cccc(SC(F)(F)F)c3)CC2)CC1. The van der Waals surface area contributed by atoms with Gasteiger partial charge in [-0.3, -0.25) is 9.69 Å². The molecule has 31 heavy (non-hydrogen) atoms. The second kappa shape index (κ2) is 11.1. The van der Waals surface area contributed by atoms with Gasteiger partial charge in [0.25, 0.3) is 0 Å². The Labute approximate surface area is 186 Å².